The third kappa shape index (κ3) is 2.31. The molecule has 3 aromatic rings. The predicted octanol–water partition coefficient (Wildman–Crippen LogP) is 3.98. The molecule has 1 atom stereocenters. The van der Waals surface area contributed by atoms with Crippen LogP contribution in [0.3, 0.4) is 0 Å². The molecule has 0 saturated carbocycles. The number of aromatic nitrogens is 2. The summed E-state index contributed by atoms with van der Waals surface area (Å²) in [5, 5.41) is 14.0. The molecular weight excluding hydrogens is 304 g/mol. The van der Waals surface area contributed by atoms with E-state index < -0.39 is 5.60 Å². The summed E-state index contributed by atoms with van der Waals surface area (Å²) in [6.07, 6.45) is 5.03. The van der Waals surface area contributed by atoms with Gasteiger partial charge < -0.3 is 9.67 Å². The molecular formula is C16H13ClN2OS. The first-order valence-electron chi connectivity index (χ1n) is 6.34. The van der Waals surface area contributed by atoms with Crippen LogP contribution in [0.15, 0.2) is 60.8 Å². The molecule has 0 radical (unpaired) electrons. The van der Waals surface area contributed by atoms with Gasteiger partial charge in [0.25, 0.3) is 0 Å². The molecule has 21 heavy (non-hydrogen) atoms. The van der Waals surface area contributed by atoms with E-state index in [1.54, 1.807) is 35.3 Å². The van der Waals surface area contributed by atoms with E-state index in [1.807, 2.05) is 29.6 Å². The summed E-state index contributed by atoms with van der Waals surface area (Å²) >= 11 is 7.43. The molecule has 5 heteroatoms. The first kappa shape index (κ1) is 14.1. The maximum atomic E-state index is 11.4. The minimum atomic E-state index is -1.34. The highest BCUT2D eigenvalue weighted by molar-refractivity contribution is 7.10. The fourth-order valence-electron chi connectivity index (χ4n) is 2.30. The Balaban J connectivity index is 2.25. The van der Waals surface area contributed by atoms with Crippen LogP contribution < -0.4 is 0 Å². The van der Waals surface area contributed by atoms with Gasteiger partial charge in [0.05, 0.1) is 0 Å². The van der Waals surface area contributed by atoms with Crippen LogP contribution in [0.2, 0.25) is 5.02 Å². The van der Waals surface area contributed by atoms with Gasteiger partial charge in [-0.25, -0.2) is 4.98 Å². The van der Waals surface area contributed by atoms with E-state index in [2.05, 4.69) is 11.6 Å². The fourth-order valence-corrected chi connectivity index (χ4v) is 3.26. The number of hydrogen-bond donors (Lipinski definition) is 1. The summed E-state index contributed by atoms with van der Waals surface area (Å²) < 4.78 is 1.72. The summed E-state index contributed by atoms with van der Waals surface area (Å²) in [7, 11) is 0. The van der Waals surface area contributed by atoms with Crippen molar-refractivity contribution in [2.75, 3.05) is 0 Å². The smallest absolute Gasteiger partial charge is 0.182 e. The maximum Gasteiger partial charge on any atom is 0.182 e. The molecule has 0 bridgehead atoms. The zero-order valence-electron chi connectivity index (χ0n) is 11.1. The van der Waals surface area contributed by atoms with E-state index in [1.165, 1.54) is 11.3 Å². The van der Waals surface area contributed by atoms with Gasteiger partial charge in [0, 0.05) is 28.5 Å². The van der Waals surface area contributed by atoms with Crippen LogP contribution in [0.5, 0.6) is 0 Å². The van der Waals surface area contributed by atoms with Crippen LogP contribution in [-0.4, -0.2) is 14.7 Å². The molecule has 1 unspecified atom stereocenters. The average molecular weight is 317 g/mol. The van der Waals surface area contributed by atoms with Crippen molar-refractivity contribution in [1.29, 1.82) is 0 Å². The Labute approximate surface area is 131 Å². The van der Waals surface area contributed by atoms with E-state index >= 15 is 0 Å². The number of rotatable bonds is 4. The van der Waals surface area contributed by atoms with Gasteiger partial charge in [-0.3, -0.25) is 0 Å². The molecule has 3 rings (SSSR count). The summed E-state index contributed by atoms with van der Waals surface area (Å²) in [6.45, 7) is 3.76. The van der Waals surface area contributed by atoms with E-state index in [4.69, 9.17) is 11.6 Å². The third-order valence-corrected chi connectivity index (χ3v) is 4.56. The molecule has 3 nitrogen and oxygen atoms in total. The Hall–Kier alpha value is -1.88. The zero-order chi connectivity index (χ0) is 14.9. The van der Waals surface area contributed by atoms with Crippen molar-refractivity contribution in [2.24, 2.45) is 0 Å². The molecule has 1 aromatic carbocycles. The lowest BCUT2D eigenvalue weighted by Crippen LogP contribution is -2.30. The number of thiophene rings is 1. The topological polar surface area (TPSA) is 38.0 Å². The predicted molar refractivity (Wildman–Crippen MR) is 86.5 cm³/mol. The Morgan fingerprint density at radius 2 is 2.05 bits per heavy atom. The average Bonchev–Trinajstić information content (AvgIpc) is 3.18. The Morgan fingerprint density at radius 3 is 2.67 bits per heavy atom. The molecule has 0 aliphatic carbocycles. The first-order valence-corrected chi connectivity index (χ1v) is 7.60. The van der Waals surface area contributed by atoms with Crippen LogP contribution in [0.25, 0.3) is 6.20 Å². The van der Waals surface area contributed by atoms with E-state index in [0.717, 1.165) is 4.88 Å². The quantitative estimate of drug-likeness (QED) is 0.790. The van der Waals surface area contributed by atoms with E-state index in [0.29, 0.717) is 16.4 Å². The van der Waals surface area contributed by atoms with Crippen LogP contribution in [0.4, 0.5) is 0 Å². The minimum absolute atomic E-state index is 0.502. The second kappa shape index (κ2) is 5.48. The molecule has 0 spiro atoms. The van der Waals surface area contributed by atoms with Crippen molar-refractivity contribution in [3.8, 4) is 0 Å². The van der Waals surface area contributed by atoms with Gasteiger partial charge in [-0.05, 0) is 29.1 Å². The van der Waals surface area contributed by atoms with Crippen molar-refractivity contribution < 1.29 is 5.11 Å². The highest BCUT2D eigenvalue weighted by Gasteiger charge is 2.38. The maximum absolute atomic E-state index is 11.4. The highest BCUT2D eigenvalue weighted by Crippen LogP contribution is 2.38. The third-order valence-electron chi connectivity index (χ3n) is 3.33. The number of hydrogen-bond acceptors (Lipinski definition) is 3. The molecule has 2 heterocycles. The summed E-state index contributed by atoms with van der Waals surface area (Å²) in [5.41, 5.74) is -0.625. The highest BCUT2D eigenvalue weighted by atomic mass is 35.5. The van der Waals surface area contributed by atoms with Gasteiger partial charge in [-0.2, -0.15) is 0 Å². The molecule has 1 N–H and O–H groups in total. The van der Waals surface area contributed by atoms with Gasteiger partial charge in [0.15, 0.2) is 11.4 Å². The Morgan fingerprint density at radius 1 is 1.29 bits per heavy atom. The number of aliphatic hydroxyl groups is 1. The van der Waals surface area contributed by atoms with E-state index in [9.17, 15) is 5.11 Å². The lowest BCUT2D eigenvalue weighted by atomic mass is 9.91. The van der Waals surface area contributed by atoms with Crippen LogP contribution >= 0.6 is 22.9 Å². The zero-order valence-corrected chi connectivity index (χ0v) is 12.7. The molecule has 2 aromatic heterocycles. The normalized spacial score (nSPS) is 13.8. The molecule has 0 aliphatic rings. The fraction of sp³-hybridized carbons (Fsp3) is 0.0625. The van der Waals surface area contributed by atoms with Gasteiger partial charge in [0.2, 0.25) is 0 Å². The van der Waals surface area contributed by atoms with Gasteiger partial charge in [-0.1, -0.05) is 36.4 Å². The van der Waals surface area contributed by atoms with Crippen molar-refractivity contribution in [2.45, 2.75) is 5.60 Å². The largest absolute Gasteiger partial charge is 0.372 e. The number of benzene rings is 1. The van der Waals surface area contributed by atoms with E-state index in [-0.39, 0.29) is 0 Å². The molecule has 0 amide bonds. The van der Waals surface area contributed by atoms with Gasteiger partial charge in [-0.15, -0.1) is 11.3 Å². The summed E-state index contributed by atoms with van der Waals surface area (Å²) in [6, 6.07) is 10.9. The lowest BCUT2D eigenvalue weighted by molar-refractivity contribution is 0.118. The molecule has 0 aliphatic heterocycles. The standard InChI is InChI=1S/C16H13ClN2OS/c1-2-19-10-9-18-15(19)16(20,14-4-3-11-21-14)12-5-7-13(17)8-6-12/h2-11,20H,1H2. The van der Waals surface area contributed by atoms with Crippen molar-refractivity contribution in [1.82, 2.24) is 9.55 Å². The first-order chi connectivity index (χ1) is 10.2. The monoisotopic (exact) mass is 316 g/mol. The Bertz CT molecular complexity index is 749. The van der Waals surface area contributed by atoms with Crippen LogP contribution in [-0.2, 0) is 5.60 Å². The van der Waals surface area contributed by atoms with Gasteiger partial charge in [0.1, 0.15) is 0 Å². The van der Waals surface area contributed by atoms with Gasteiger partial charge >= 0.3 is 0 Å². The minimum Gasteiger partial charge on any atom is -0.372 e. The summed E-state index contributed by atoms with van der Waals surface area (Å²) in [4.78, 5) is 5.12. The van der Waals surface area contributed by atoms with Crippen molar-refractivity contribution >= 4 is 29.1 Å². The summed E-state index contributed by atoms with van der Waals surface area (Å²) in [5.74, 6) is 0.502. The van der Waals surface area contributed by atoms with Crippen LogP contribution in [0, 0.1) is 0 Å². The molecule has 0 fully saturated rings. The van der Waals surface area contributed by atoms with Crippen molar-refractivity contribution in [3.63, 3.8) is 0 Å². The molecule has 0 saturated heterocycles. The SMILES string of the molecule is C=Cn1ccnc1C(O)(c1ccc(Cl)cc1)c1cccs1. The lowest BCUT2D eigenvalue weighted by Gasteiger charge is -2.27. The van der Waals surface area contributed by atoms with Crippen LogP contribution in [0.1, 0.15) is 16.3 Å². The second-order valence-electron chi connectivity index (χ2n) is 4.54. The second-order valence-corrected chi connectivity index (χ2v) is 5.92. The number of nitrogens with zero attached hydrogens (tertiary/aromatic N) is 2. The Kier molecular flexibility index (Phi) is 3.68. The number of imidazole rings is 1. The number of halogens is 1. The van der Waals surface area contributed by atoms with Crippen molar-refractivity contribution in [3.05, 3.63) is 82.0 Å². The molecule has 106 valence electrons.